The van der Waals surface area contributed by atoms with Crippen molar-refractivity contribution in [2.75, 3.05) is 19.8 Å². The molecule has 1 aliphatic heterocycles. The Bertz CT molecular complexity index is 549. The van der Waals surface area contributed by atoms with Gasteiger partial charge in [-0.3, -0.25) is 9.59 Å². The van der Waals surface area contributed by atoms with E-state index in [1.807, 2.05) is 0 Å². The number of hydrogen-bond acceptors (Lipinski definition) is 6. The third kappa shape index (κ3) is 2.64. The van der Waals surface area contributed by atoms with E-state index in [0.717, 1.165) is 0 Å². The van der Waals surface area contributed by atoms with Crippen molar-refractivity contribution in [1.29, 1.82) is 0 Å². The summed E-state index contributed by atoms with van der Waals surface area (Å²) in [6.07, 6.45) is 1.24. The number of ether oxygens (including phenoxy) is 3. The normalized spacial score (nSPS) is 13.2. The van der Waals surface area contributed by atoms with Crippen LogP contribution in [0.3, 0.4) is 0 Å². The van der Waals surface area contributed by atoms with Crippen LogP contribution in [0.1, 0.15) is 34.1 Å². The summed E-state index contributed by atoms with van der Waals surface area (Å²) < 4.78 is 15.6. The van der Waals surface area contributed by atoms with E-state index in [-0.39, 0.29) is 29.2 Å². The summed E-state index contributed by atoms with van der Waals surface area (Å²) in [6.45, 7) is 2.45. The molecule has 1 aliphatic rings. The zero-order chi connectivity index (χ0) is 14.5. The van der Waals surface area contributed by atoms with Crippen LogP contribution in [0.4, 0.5) is 0 Å². The molecule has 1 aromatic carbocycles. The van der Waals surface area contributed by atoms with Crippen molar-refractivity contribution in [3.05, 3.63) is 23.3 Å². The van der Waals surface area contributed by atoms with E-state index in [4.69, 9.17) is 9.47 Å². The molecule has 0 atom stereocenters. The minimum Gasteiger partial charge on any atom is -0.489 e. The van der Waals surface area contributed by atoms with Crippen molar-refractivity contribution in [3.63, 3.8) is 0 Å². The van der Waals surface area contributed by atoms with E-state index in [2.05, 4.69) is 4.74 Å². The molecular weight excluding hydrogens is 264 g/mol. The molecule has 6 nitrogen and oxygen atoms in total. The zero-order valence-electron chi connectivity index (χ0n) is 11.0. The first kappa shape index (κ1) is 14.0. The highest BCUT2D eigenvalue weighted by Gasteiger charge is 2.27. The number of ketones is 1. The molecule has 0 amide bonds. The van der Waals surface area contributed by atoms with E-state index in [0.29, 0.717) is 25.9 Å². The summed E-state index contributed by atoms with van der Waals surface area (Å²) in [7, 11) is 0. The molecule has 0 radical (unpaired) electrons. The molecule has 0 aliphatic carbocycles. The highest BCUT2D eigenvalue weighted by atomic mass is 16.5. The molecule has 1 aromatic rings. The van der Waals surface area contributed by atoms with Gasteiger partial charge in [-0.2, -0.15) is 0 Å². The highest BCUT2D eigenvalue weighted by molar-refractivity contribution is 6.41. The van der Waals surface area contributed by atoms with Gasteiger partial charge in [-0.1, -0.05) is 0 Å². The first-order valence-corrected chi connectivity index (χ1v) is 6.28. The van der Waals surface area contributed by atoms with Gasteiger partial charge < -0.3 is 14.2 Å². The fourth-order valence-electron chi connectivity index (χ4n) is 1.86. The van der Waals surface area contributed by atoms with Crippen molar-refractivity contribution < 1.29 is 28.6 Å². The van der Waals surface area contributed by atoms with Crippen LogP contribution >= 0.6 is 0 Å². The number of hydrogen-bond donors (Lipinski definition) is 0. The summed E-state index contributed by atoms with van der Waals surface area (Å²) in [4.78, 5) is 34.5. The molecule has 1 heterocycles. The number of Topliss-reactive ketones (excluding diaryl/α,β-unsaturated/α-hetero) is 1. The van der Waals surface area contributed by atoms with Crippen LogP contribution < -0.4 is 9.47 Å². The van der Waals surface area contributed by atoms with Gasteiger partial charge in [0.05, 0.1) is 30.9 Å². The molecule has 6 heteroatoms. The number of fused-ring (bicyclic) bond motifs is 1. The highest BCUT2D eigenvalue weighted by Crippen LogP contribution is 2.36. The lowest BCUT2D eigenvalue weighted by Gasteiger charge is -2.13. The molecule has 0 N–H and O–H groups in total. The van der Waals surface area contributed by atoms with E-state index >= 15 is 0 Å². The fraction of sp³-hybridized carbons (Fsp3) is 0.357. The summed E-state index contributed by atoms with van der Waals surface area (Å²) in [5.74, 6) is -1.44. The molecule has 106 valence electrons. The number of esters is 1. The molecule has 0 fully saturated rings. The number of rotatable bonds is 4. The Morgan fingerprint density at radius 2 is 1.95 bits per heavy atom. The van der Waals surface area contributed by atoms with Gasteiger partial charge in [0.25, 0.3) is 5.78 Å². The lowest BCUT2D eigenvalue weighted by Crippen LogP contribution is -2.18. The lowest BCUT2D eigenvalue weighted by molar-refractivity contribution is -0.137. The van der Waals surface area contributed by atoms with E-state index in [1.165, 1.54) is 12.1 Å². The first-order chi connectivity index (χ1) is 9.69. The third-order valence-electron chi connectivity index (χ3n) is 2.76. The van der Waals surface area contributed by atoms with Crippen molar-refractivity contribution >= 4 is 18.0 Å². The standard InChI is InChI=1S/C14H14O6/c1-2-18-14(17)11(16)10-5-4-9(8-15)12-13(10)20-7-3-6-19-12/h4-5,8H,2-3,6-7H2,1H3. The second-order valence-corrected chi connectivity index (χ2v) is 4.08. The molecule has 20 heavy (non-hydrogen) atoms. The molecule has 0 unspecified atom stereocenters. The Hall–Kier alpha value is -2.37. The Morgan fingerprint density at radius 3 is 2.60 bits per heavy atom. The van der Waals surface area contributed by atoms with Crippen LogP contribution in [0.15, 0.2) is 12.1 Å². The number of aldehydes is 1. The number of benzene rings is 1. The average Bonchev–Trinajstić information content (AvgIpc) is 2.71. The summed E-state index contributed by atoms with van der Waals surface area (Å²) in [5.41, 5.74) is 0.327. The third-order valence-corrected chi connectivity index (χ3v) is 2.76. The monoisotopic (exact) mass is 278 g/mol. The maximum Gasteiger partial charge on any atom is 0.379 e. The summed E-state index contributed by atoms with van der Waals surface area (Å²) >= 11 is 0. The fourth-order valence-corrected chi connectivity index (χ4v) is 1.86. The van der Waals surface area contributed by atoms with Crippen molar-refractivity contribution in [2.24, 2.45) is 0 Å². The average molecular weight is 278 g/mol. The van der Waals surface area contributed by atoms with Gasteiger partial charge in [0, 0.05) is 6.42 Å². The van der Waals surface area contributed by atoms with Gasteiger partial charge in [0.2, 0.25) is 0 Å². The Labute approximate surface area is 115 Å². The largest absolute Gasteiger partial charge is 0.489 e. The predicted molar refractivity (Wildman–Crippen MR) is 68.4 cm³/mol. The van der Waals surface area contributed by atoms with Crippen LogP contribution in [-0.4, -0.2) is 37.9 Å². The molecule has 2 rings (SSSR count). The SMILES string of the molecule is CCOC(=O)C(=O)c1ccc(C=O)c2c1OCCCO2. The molecule has 0 aromatic heterocycles. The molecular formula is C14H14O6. The van der Waals surface area contributed by atoms with Gasteiger partial charge in [0.15, 0.2) is 17.8 Å². The number of carbonyl (C=O) groups excluding carboxylic acids is 3. The van der Waals surface area contributed by atoms with E-state index in [1.54, 1.807) is 6.92 Å². The van der Waals surface area contributed by atoms with Crippen molar-refractivity contribution in [3.8, 4) is 11.5 Å². The predicted octanol–water partition coefficient (Wildman–Crippen LogP) is 1.41. The van der Waals surface area contributed by atoms with Gasteiger partial charge >= 0.3 is 5.97 Å². The number of carbonyl (C=O) groups is 3. The van der Waals surface area contributed by atoms with Crippen LogP contribution in [0.25, 0.3) is 0 Å². The summed E-state index contributed by atoms with van der Waals surface area (Å²) in [6, 6.07) is 2.80. The quantitative estimate of drug-likeness (QED) is 0.358. The van der Waals surface area contributed by atoms with Crippen molar-refractivity contribution in [1.82, 2.24) is 0 Å². The van der Waals surface area contributed by atoms with Crippen molar-refractivity contribution in [2.45, 2.75) is 13.3 Å². The minimum atomic E-state index is -0.957. The van der Waals surface area contributed by atoms with Gasteiger partial charge in [0.1, 0.15) is 0 Å². The Morgan fingerprint density at radius 1 is 1.25 bits per heavy atom. The van der Waals surface area contributed by atoms with E-state index < -0.39 is 11.8 Å². The zero-order valence-corrected chi connectivity index (χ0v) is 11.0. The lowest BCUT2D eigenvalue weighted by atomic mass is 10.1. The first-order valence-electron chi connectivity index (χ1n) is 6.28. The van der Waals surface area contributed by atoms with Crippen LogP contribution in [-0.2, 0) is 9.53 Å². The topological polar surface area (TPSA) is 78.9 Å². The summed E-state index contributed by atoms with van der Waals surface area (Å²) in [5, 5.41) is 0. The maximum absolute atomic E-state index is 12.0. The second kappa shape index (κ2) is 6.18. The van der Waals surface area contributed by atoms with E-state index in [9.17, 15) is 14.4 Å². The minimum absolute atomic E-state index is 0.0472. The molecule has 0 saturated heterocycles. The Kier molecular flexibility index (Phi) is 4.34. The van der Waals surface area contributed by atoms with Gasteiger partial charge in [-0.25, -0.2) is 4.79 Å². The van der Waals surface area contributed by atoms with Crippen LogP contribution in [0, 0.1) is 0 Å². The second-order valence-electron chi connectivity index (χ2n) is 4.08. The smallest absolute Gasteiger partial charge is 0.379 e. The molecule has 0 spiro atoms. The molecule has 0 saturated carbocycles. The Balaban J connectivity index is 2.46. The van der Waals surface area contributed by atoms with Crippen LogP contribution in [0.5, 0.6) is 11.5 Å². The maximum atomic E-state index is 12.0. The van der Waals surface area contributed by atoms with Crippen LogP contribution in [0.2, 0.25) is 0 Å². The molecule has 0 bridgehead atoms. The van der Waals surface area contributed by atoms with Gasteiger partial charge in [-0.15, -0.1) is 0 Å². The van der Waals surface area contributed by atoms with Gasteiger partial charge in [-0.05, 0) is 19.1 Å².